The van der Waals surface area contributed by atoms with Gasteiger partial charge in [-0.1, -0.05) is 44.5 Å². The minimum Gasteiger partial charge on any atom is -0.491 e. The predicted octanol–water partition coefficient (Wildman–Crippen LogP) is 8.05. The van der Waals surface area contributed by atoms with Gasteiger partial charge < -0.3 is 33.2 Å². The molecule has 3 aliphatic rings. The molecule has 2 aliphatic heterocycles. The summed E-state index contributed by atoms with van der Waals surface area (Å²) < 4.78 is 29.0. The van der Waals surface area contributed by atoms with E-state index in [4.69, 9.17) is 35.0 Å². The number of rotatable bonds is 10. The zero-order valence-corrected chi connectivity index (χ0v) is 30.8. The monoisotopic (exact) mass is 684 g/mol. The molecule has 2 aromatic carbocycles. The number of hydrogen-bond acceptors (Lipinski definition) is 7. The van der Waals surface area contributed by atoms with E-state index in [-0.39, 0.29) is 30.3 Å². The molecular formula is C36H49ClN2O7Si. The van der Waals surface area contributed by atoms with Crippen LogP contribution in [0.25, 0.3) is 5.57 Å². The van der Waals surface area contributed by atoms with Gasteiger partial charge in [0, 0.05) is 35.8 Å². The van der Waals surface area contributed by atoms with E-state index < -0.39 is 20.0 Å². The first kappa shape index (κ1) is 35.1. The molecule has 2 heterocycles. The van der Waals surface area contributed by atoms with Crippen LogP contribution in [0.3, 0.4) is 0 Å². The van der Waals surface area contributed by atoms with E-state index in [1.54, 1.807) is 11.0 Å². The van der Waals surface area contributed by atoms with E-state index in [0.29, 0.717) is 54.8 Å². The van der Waals surface area contributed by atoms with Crippen molar-refractivity contribution in [1.82, 2.24) is 9.80 Å². The Morgan fingerprint density at radius 1 is 1.00 bits per heavy atom. The SMILES string of the molecule is CC(C)(C)OC(=O)N1CCC(c2ccc(OCCO[Si](C)(C)C(C)(C)C)cc2)=C(C(=O)N(Cc2cc3c(cc2Cl)OCO3)C2CC2)C1. The Kier molecular flexibility index (Phi) is 10.2. The summed E-state index contributed by atoms with van der Waals surface area (Å²) in [4.78, 5) is 31.2. The van der Waals surface area contributed by atoms with Crippen LogP contribution < -0.4 is 14.2 Å². The molecule has 2 aromatic rings. The van der Waals surface area contributed by atoms with E-state index in [9.17, 15) is 9.59 Å². The molecule has 47 heavy (non-hydrogen) atoms. The van der Waals surface area contributed by atoms with Crippen molar-refractivity contribution < 1.29 is 33.0 Å². The van der Waals surface area contributed by atoms with Crippen molar-refractivity contribution in [2.75, 3.05) is 33.1 Å². The molecule has 0 radical (unpaired) electrons. The maximum Gasteiger partial charge on any atom is 0.410 e. The summed E-state index contributed by atoms with van der Waals surface area (Å²) >= 11 is 6.65. The molecule has 11 heteroatoms. The molecule has 0 unspecified atom stereocenters. The molecule has 2 amide bonds. The molecule has 9 nitrogen and oxygen atoms in total. The maximum absolute atomic E-state index is 14.5. The third-order valence-corrected chi connectivity index (χ3v) is 14.1. The Bertz CT molecular complexity index is 1510. The minimum absolute atomic E-state index is 0.0963. The van der Waals surface area contributed by atoms with Gasteiger partial charge in [-0.15, -0.1) is 0 Å². The lowest BCUT2D eigenvalue weighted by molar-refractivity contribution is -0.128. The number of ether oxygens (including phenoxy) is 4. The van der Waals surface area contributed by atoms with Crippen molar-refractivity contribution >= 4 is 37.5 Å². The second-order valence-electron chi connectivity index (χ2n) is 15.1. The summed E-state index contributed by atoms with van der Waals surface area (Å²) in [7, 11) is -1.84. The second kappa shape index (κ2) is 13.7. The molecule has 1 saturated carbocycles. The lowest BCUT2D eigenvalue weighted by atomic mass is 9.92. The molecule has 0 spiro atoms. The first-order valence-corrected chi connectivity index (χ1v) is 19.8. The molecule has 256 valence electrons. The lowest BCUT2D eigenvalue weighted by Crippen LogP contribution is -2.44. The Morgan fingerprint density at radius 2 is 1.66 bits per heavy atom. The fraction of sp³-hybridized carbons (Fsp3) is 0.556. The van der Waals surface area contributed by atoms with Gasteiger partial charge in [0.1, 0.15) is 18.0 Å². The van der Waals surface area contributed by atoms with Crippen LogP contribution in [-0.4, -0.2) is 74.9 Å². The Hall–Kier alpha value is -3.21. The van der Waals surface area contributed by atoms with Crippen molar-refractivity contribution in [3.05, 3.63) is 58.1 Å². The van der Waals surface area contributed by atoms with Crippen LogP contribution in [0.1, 0.15) is 71.9 Å². The Morgan fingerprint density at radius 3 is 2.28 bits per heavy atom. The van der Waals surface area contributed by atoms with Crippen molar-refractivity contribution in [2.24, 2.45) is 0 Å². The first-order valence-electron chi connectivity index (χ1n) is 16.5. The standard InChI is InChI=1S/C36H49ClN2O7Si/c1-35(2,3)46-34(41)38-16-15-28(24-9-13-27(14-10-24)42-17-18-45-47(7,8)36(4,5)6)29(22-38)33(40)39(26-11-12-26)21-25-19-31-32(20-30(25)37)44-23-43-31/h9-10,13-14,19-20,26H,11-12,15-18,21-23H2,1-8H3. The predicted molar refractivity (Wildman–Crippen MR) is 186 cm³/mol. The van der Waals surface area contributed by atoms with Gasteiger partial charge in [-0.2, -0.15) is 0 Å². The number of benzene rings is 2. The van der Waals surface area contributed by atoms with Crippen molar-refractivity contribution in [3.8, 4) is 17.2 Å². The Balaban J connectivity index is 1.37. The zero-order chi connectivity index (χ0) is 34.1. The summed E-state index contributed by atoms with van der Waals surface area (Å²) in [6.07, 6.45) is 1.92. The highest BCUT2D eigenvalue weighted by Crippen LogP contribution is 2.40. The number of carbonyl (C=O) groups excluding carboxylic acids is 2. The number of nitrogens with zero attached hydrogens (tertiary/aromatic N) is 2. The highest BCUT2D eigenvalue weighted by atomic mass is 35.5. The van der Waals surface area contributed by atoms with E-state index in [2.05, 4.69) is 33.9 Å². The van der Waals surface area contributed by atoms with E-state index in [1.807, 2.05) is 56.0 Å². The van der Waals surface area contributed by atoms with Gasteiger partial charge >= 0.3 is 6.09 Å². The van der Waals surface area contributed by atoms with Crippen LogP contribution in [0, 0.1) is 0 Å². The molecule has 0 aromatic heterocycles. The number of halogens is 1. The molecule has 0 atom stereocenters. The fourth-order valence-corrected chi connectivity index (χ4v) is 6.62. The molecule has 0 saturated heterocycles. The quantitative estimate of drug-likeness (QED) is 0.185. The molecular weight excluding hydrogens is 636 g/mol. The van der Waals surface area contributed by atoms with Crippen LogP contribution >= 0.6 is 11.6 Å². The van der Waals surface area contributed by atoms with Crippen molar-refractivity contribution in [3.63, 3.8) is 0 Å². The van der Waals surface area contributed by atoms with Crippen molar-refractivity contribution in [2.45, 2.75) is 97.1 Å². The fourth-order valence-electron chi connectivity index (χ4n) is 5.38. The van der Waals surface area contributed by atoms with Gasteiger partial charge in [0.15, 0.2) is 19.8 Å². The van der Waals surface area contributed by atoms with Crippen LogP contribution in [0.5, 0.6) is 17.2 Å². The van der Waals surface area contributed by atoms with Crippen LogP contribution in [0.2, 0.25) is 23.2 Å². The topological polar surface area (TPSA) is 86.8 Å². The van der Waals surface area contributed by atoms with Gasteiger partial charge in [-0.25, -0.2) is 4.79 Å². The molecule has 0 N–H and O–H groups in total. The van der Waals surface area contributed by atoms with Crippen LogP contribution in [0.15, 0.2) is 42.0 Å². The largest absolute Gasteiger partial charge is 0.491 e. The average Bonchev–Trinajstić information content (AvgIpc) is 3.74. The number of fused-ring (bicyclic) bond motifs is 1. The van der Waals surface area contributed by atoms with Gasteiger partial charge in [0.05, 0.1) is 13.2 Å². The number of carbonyl (C=O) groups is 2. The van der Waals surface area contributed by atoms with Crippen LogP contribution in [0.4, 0.5) is 4.79 Å². The summed E-state index contributed by atoms with van der Waals surface area (Å²) in [5.74, 6) is 1.86. The first-order chi connectivity index (χ1) is 22.0. The van der Waals surface area contributed by atoms with E-state index >= 15 is 0 Å². The van der Waals surface area contributed by atoms with Crippen LogP contribution in [-0.2, 0) is 20.5 Å². The minimum atomic E-state index is -1.84. The van der Waals surface area contributed by atoms with Gasteiger partial charge in [0.25, 0.3) is 5.91 Å². The van der Waals surface area contributed by atoms with Gasteiger partial charge in [-0.3, -0.25) is 4.79 Å². The number of amides is 2. The molecule has 5 rings (SSSR count). The summed E-state index contributed by atoms with van der Waals surface area (Å²) in [5, 5.41) is 0.661. The molecule has 1 aliphatic carbocycles. The van der Waals surface area contributed by atoms with E-state index in [0.717, 1.165) is 35.3 Å². The lowest BCUT2D eigenvalue weighted by Gasteiger charge is -2.36. The second-order valence-corrected chi connectivity index (χ2v) is 20.3. The normalized spacial score (nSPS) is 16.7. The smallest absolute Gasteiger partial charge is 0.410 e. The molecule has 0 bridgehead atoms. The van der Waals surface area contributed by atoms with Crippen molar-refractivity contribution in [1.29, 1.82) is 0 Å². The highest BCUT2D eigenvalue weighted by molar-refractivity contribution is 6.74. The Labute approximate surface area is 285 Å². The summed E-state index contributed by atoms with van der Waals surface area (Å²) in [6.45, 7) is 18.7. The van der Waals surface area contributed by atoms with Gasteiger partial charge in [-0.05, 0) is 93.1 Å². The average molecular weight is 685 g/mol. The van der Waals surface area contributed by atoms with Gasteiger partial charge in [0.2, 0.25) is 6.79 Å². The zero-order valence-electron chi connectivity index (χ0n) is 29.0. The third-order valence-electron chi connectivity index (χ3n) is 9.21. The van der Waals surface area contributed by atoms with E-state index in [1.165, 1.54) is 0 Å². The summed E-state index contributed by atoms with van der Waals surface area (Å²) in [5.41, 5.74) is 2.58. The maximum atomic E-state index is 14.5. The number of hydrogen-bond donors (Lipinski definition) is 0. The molecule has 1 fully saturated rings. The highest BCUT2D eigenvalue weighted by Gasteiger charge is 2.39. The summed E-state index contributed by atoms with van der Waals surface area (Å²) in [6, 6.07) is 11.5. The third kappa shape index (κ3) is 8.64.